The summed E-state index contributed by atoms with van der Waals surface area (Å²) < 4.78 is 4.91. The van der Waals surface area contributed by atoms with Gasteiger partial charge in [-0.2, -0.15) is 0 Å². The summed E-state index contributed by atoms with van der Waals surface area (Å²) in [5, 5.41) is 0.926. The van der Waals surface area contributed by atoms with E-state index in [0.29, 0.717) is 19.8 Å². The van der Waals surface area contributed by atoms with Crippen LogP contribution in [0.25, 0.3) is 0 Å². The van der Waals surface area contributed by atoms with Crippen molar-refractivity contribution in [2.45, 2.75) is 6.92 Å². The fraction of sp³-hybridized carbons (Fsp3) is 0.800. The van der Waals surface area contributed by atoms with Crippen LogP contribution in [-0.4, -0.2) is 31.2 Å². The molecular weight excluding hydrogens is 120 g/mol. The highest BCUT2D eigenvalue weighted by Crippen LogP contribution is 1.74. The molecule has 0 bridgehead atoms. The molecule has 0 aromatic heterocycles. The smallest absolute Gasteiger partial charge is 0.327 e. The van der Waals surface area contributed by atoms with E-state index in [2.05, 4.69) is 0 Å². The summed E-state index contributed by atoms with van der Waals surface area (Å²) in [5.74, 6) is 5.04. The van der Waals surface area contributed by atoms with Crippen molar-refractivity contribution in [1.29, 1.82) is 0 Å². The zero-order valence-corrected chi connectivity index (χ0v) is 5.46. The molecule has 9 heavy (non-hydrogen) atoms. The van der Waals surface area contributed by atoms with Crippen LogP contribution in [-0.2, 0) is 9.53 Å². The van der Waals surface area contributed by atoms with Crippen molar-refractivity contribution < 1.29 is 9.53 Å². The molecule has 0 spiro atoms. The Morgan fingerprint density at radius 3 is 2.89 bits per heavy atom. The molecule has 0 fully saturated rings. The average Bonchev–Trinajstić information content (AvgIpc) is 1.89. The van der Waals surface area contributed by atoms with Crippen LogP contribution in [0.1, 0.15) is 6.92 Å². The second-order valence-corrected chi connectivity index (χ2v) is 1.48. The molecule has 0 heterocycles. The Balaban J connectivity index is 2.96. The Bertz CT molecular complexity index is 77.4. The van der Waals surface area contributed by atoms with Gasteiger partial charge in [-0.05, 0) is 6.92 Å². The Hall–Kier alpha value is -0.610. The molecule has 0 unspecified atom stereocenters. The predicted molar refractivity (Wildman–Crippen MR) is 33.1 cm³/mol. The number of hydrogen-bond donors (Lipinski definition) is 1. The van der Waals surface area contributed by atoms with Crippen molar-refractivity contribution in [2.75, 3.05) is 19.8 Å². The summed E-state index contributed by atoms with van der Waals surface area (Å²) in [7, 11) is 0. The summed E-state index contributed by atoms with van der Waals surface area (Å²) in [6.45, 7) is 3.40. The van der Waals surface area contributed by atoms with Crippen LogP contribution in [0.5, 0.6) is 0 Å². The van der Waals surface area contributed by atoms with Crippen LogP contribution in [0.15, 0.2) is 0 Å². The van der Waals surface area contributed by atoms with Crippen molar-refractivity contribution in [3.8, 4) is 0 Å². The number of amides is 1. The molecule has 4 heteroatoms. The lowest BCUT2D eigenvalue weighted by atomic mass is 10.7. The van der Waals surface area contributed by atoms with Gasteiger partial charge in [0.1, 0.15) is 0 Å². The third kappa shape index (κ3) is 5.26. The van der Waals surface area contributed by atoms with Crippen LogP contribution in [0, 0.1) is 0 Å². The average molecular weight is 131 g/mol. The first-order chi connectivity index (χ1) is 4.31. The summed E-state index contributed by atoms with van der Waals surface area (Å²) in [4.78, 5) is 9.72. The quantitative estimate of drug-likeness (QED) is 0.176. The van der Waals surface area contributed by atoms with Gasteiger partial charge in [0.2, 0.25) is 0 Å². The number of hydrogen-bond acceptors (Lipinski definition) is 3. The summed E-state index contributed by atoms with van der Waals surface area (Å²) >= 11 is 0. The number of nitrogens with zero attached hydrogens (tertiary/aromatic N) is 1. The van der Waals surface area contributed by atoms with Crippen LogP contribution in [0.4, 0.5) is 0 Å². The van der Waals surface area contributed by atoms with Gasteiger partial charge in [-0.1, -0.05) is 0 Å². The molecule has 0 aromatic carbocycles. The van der Waals surface area contributed by atoms with Crippen molar-refractivity contribution in [3.63, 3.8) is 0 Å². The molecule has 0 rings (SSSR count). The number of rotatable bonds is 5. The highest BCUT2D eigenvalue weighted by molar-refractivity contribution is 5.46. The first-order valence-corrected chi connectivity index (χ1v) is 2.79. The molecule has 1 amide bonds. The number of hydrazine groups is 1. The fourth-order valence-electron chi connectivity index (χ4n) is 0.353. The van der Waals surface area contributed by atoms with E-state index in [0.717, 1.165) is 5.01 Å². The maximum atomic E-state index is 9.72. The van der Waals surface area contributed by atoms with E-state index >= 15 is 0 Å². The standard InChI is InChI=1S/C5H11N2O2/c1-2-9-4-3-7(6)5-8/h2-4,6H2,1H3. The molecule has 0 aliphatic rings. The zero-order valence-electron chi connectivity index (χ0n) is 5.46. The Morgan fingerprint density at radius 2 is 2.44 bits per heavy atom. The molecule has 1 radical (unpaired) electrons. The van der Waals surface area contributed by atoms with Gasteiger partial charge in [0.25, 0.3) is 0 Å². The van der Waals surface area contributed by atoms with E-state index in [9.17, 15) is 4.79 Å². The van der Waals surface area contributed by atoms with Crippen molar-refractivity contribution >= 4 is 6.41 Å². The van der Waals surface area contributed by atoms with Gasteiger partial charge in [0, 0.05) is 6.61 Å². The molecule has 0 atom stereocenters. The van der Waals surface area contributed by atoms with Gasteiger partial charge in [0.05, 0.1) is 13.2 Å². The minimum Gasteiger partial charge on any atom is -0.380 e. The third-order valence-electron chi connectivity index (χ3n) is 0.798. The second-order valence-electron chi connectivity index (χ2n) is 1.48. The van der Waals surface area contributed by atoms with Gasteiger partial charge in [-0.25, -0.2) is 5.84 Å². The van der Waals surface area contributed by atoms with Crippen LogP contribution in [0.3, 0.4) is 0 Å². The van der Waals surface area contributed by atoms with Gasteiger partial charge >= 0.3 is 6.41 Å². The lowest BCUT2D eigenvalue weighted by Crippen LogP contribution is -2.32. The predicted octanol–water partition coefficient (Wildman–Crippen LogP) is -0.734. The molecular formula is C5H11N2O2. The van der Waals surface area contributed by atoms with Gasteiger partial charge in [0.15, 0.2) is 0 Å². The minimum atomic E-state index is 0.400. The molecule has 0 aromatic rings. The summed E-state index contributed by atoms with van der Waals surface area (Å²) in [6, 6.07) is 0. The van der Waals surface area contributed by atoms with E-state index in [4.69, 9.17) is 10.6 Å². The summed E-state index contributed by atoms with van der Waals surface area (Å²) in [6.07, 6.45) is 1.50. The molecule has 2 N–H and O–H groups in total. The number of ether oxygens (including phenoxy) is 1. The molecule has 0 aliphatic carbocycles. The van der Waals surface area contributed by atoms with E-state index < -0.39 is 0 Å². The fourth-order valence-corrected chi connectivity index (χ4v) is 0.353. The van der Waals surface area contributed by atoms with Crippen LogP contribution < -0.4 is 5.84 Å². The van der Waals surface area contributed by atoms with E-state index in [-0.39, 0.29) is 0 Å². The van der Waals surface area contributed by atoms with E-state index in [1.54, 1.807) is 0 Å². The van der Waals surface area contributed by atoms with Gasteiger partial charge in [-0.15, -0.1) is 0 Å². The highest BCUT2D eigenvalue weighted by atomic mass is 16.5. The topological polar surface area (TPSA) is 55.6 Å². The normalized spacial score (nSPS) is 9.11. The van der Waals surface area contributed by atoms with Crippen LogP contribution in [0.2, 0.25) is 0 Å². The lowest BCUT2D eigenvalue weighted by molar-refractivity contribution is 0.131. The maximum absolute atomic E-state index is 9.72. The number of carbonyl (C=O) groups excluding carboxylic acids is 1. The Morgan fingerprint density at radius 1 is 1.78 bits per heavy atom. The Labute approximate surface area is 54.5 Å². The SMILES string of the molecule is CCOCCN(N)[C]=O. The zero-order chi connectivity index (χ0) is 7.11. The highest BCUT2D eigenvalue weighted by Gasteiger charge is 1.92. The van der Waals surface area contributed by atoms with Gasteiger partial charge in [-0.3, -0.25) is 9.80 Å². The van der Waals surface area contributed by atoms with Crippen molar-refractivity contribution in [1.82, 2.24) is 5.01 Å². The minimum absolute atomic E-state index is 0.400. The van der Waals surface area contributed by atoms with E-state index in [1.807, 2.05) is 6.92 Å². The van der Waals surface area contributed by atoms with Crippen molar-refractivity contribution in [2.24, 2.45) is 5.84 Å². The molecule has 0 saturated carbocycles. The largest absolute Gasteiger partial charge is 0.380 e. The maximum Gasteiger partial charge on any atom is 0.327 e. The first kappa shape index (κ1) is 8.39. The molecule has 4 nitrogen and oxygen atoms in total. The van der Waals surface area contributed by atoms with Gasteiger partial charge < -0.3 is 4.74 Å². The lowest BCUT2D eigenvalue weighted by Gasteiger charge is -2.07. The molecule has 0 saturated heterocycles. The second kappa shape index (κ2) is 5.53. The molecule has 53 valence electrons. The Kier molecular flexibility index (Phi) is 5.15. The first-order valence-electron chi connectivity index (χ1n) is 2.79. The van der Waals surface area contributed by atoms with Crippen molar-refractivity contribution in [3.05, 3.63) is 0 Å². The van der Waals surface area contributed by atoms with Crippen LogP contribution >= 0.6 is 0 Å². The summed E-state index contributed by atoms with van der Waals surface area (Å²) in [5.41, 5.74) is 0. The third-order valence-corrected chi connectivity index (χ3v) is 0.798. The monoisotopic (exact) mass is 131 g/mol. The van der Waals surface area contributed by atoms with E-state index in [1.165, 1.54) is 6.41 Å². The molecule has 0 aliphatic heterocycles. The number of nitrogens with two attached hydrogens (primary N) is 1.